The number of aliphatic hydroxyl groups excluding tert-OH is 1. The fourth-order valence-corrected chi connectivity index (χ4v) is 3.13. The van der Waals surface area contributed by atoms with Crippen LogP contribution in [0.15, 0.2) is 42.5 Å². The molecule has 104 valence electrons. The van der Waals surface area contributed by atoms with Gasteiger partial charge in [0, 0.05) is 22.4 Å². The molecule has 20 heavy (non-hydrogen) atoms. The summed E-state index contributed by atoms with van der Waals surface area (Å²) in [5, 5.41) is 9.86. The Bertz CT molecular complexity index is 626. The molecule has 2 aromatic carbocycles. The van der Waals surface area contributed by atoms with Gasteiger partial charge >= 0.3 is 0 Å². The lowest BCUT2D eigenvalue weighted by Crippen LogP contribution is -2.33. The molecule has 0 aliphatic carbocycles. The zero-order valence-electron chi connectivity index (χ0n) is 11.5. The van der Waals surface area contributed by atoms with Gasteiger partial charge in [0.15, 0.2) is 0 Å². The first kappa shape index (κ1) is 13.5. The Hall–Kier alpha value is -1.51. The van der Waals surface area contributed by atoms with Crippen LogP contribution in [0.25, 0.3) is 0 Å². The average molecular weight is 288 g/mol. The number of hydrogen-bond donors (Lipinski definition) is 1. The molecular weight excluding hydrogens is 270 g/mol. The molecule has 3 rings (SSSR count). The van der Waals surface area contributed by atoms with Crippen LogP contribution in [0.5, 0.6) is 0 Å². The summed E-state index contributed by atoms with van der Waals surface area (Å²) in [5.74, 6) is 0. The third kappa shape index (κ3) is 2.30. The van der Waals surface area contributed by atoms with Gasteiger partial charge in [0.1, 0.15) is 0 Å². The molecule has 0 bridgehead atoms. The van der Waals surface area contributed by atoms with E-state index in [4.69, 9.17) is 11.6 Å². The van der Waals surface area contributed by atoms with E-state index < -0.39 is 0 Å². The maximum Gasteiger partial charge on any atom is 0.0696 e. The molecule has 1 atom stereocenters. The van der Waals surface area contributed by atoms with Crippen molar-refractivity contribution in [3.05, 3.63) is 58.6 Å². The monoisotopic (exact) mass is 287 g/mol. The van der Waals surface area contributed by atoms with Crippen molar-refractivity contribution in [3.63, 3.8) is 0 Å². The van der Waals surface area contributed by atoms with Crippen LogP contribution in [-0.2, 0) is 13.0 Å². The van der Waals surface area contributed by atoms with Crippen molar-refractivity contribution in [2.75, 3.05) is 4.90 Å². The van der Waals surface area contributed by atoms with Crippen molar-refractivity contribution in [1.82, 2.24) is 0 Å². The van der Waals surface area contributed by atoms with E-state index in [0.717, 1.165) is 24.1 Å². The number of rotatable bonds is 2. The predicted molar refractivity (Wildman–Crippen MR) is 83.7 cm³/mol. The molecule has 2 aromatic rings. The molecule has 0 saturated heterocycles. The highest BCUT2D eigenvalue weighted by Crippen LogP contribution is 2.37. The van der Waals surface area contributed by atoms with Crippen LogP contribution in [0, 0.1) is 0 Å². The Balaban J connectivity index is 2.07. The molecule has 1 aliphatic rings. The number of halogens is 1. The maximum absolute atomic E-state index is 9.23. The molecule has 0 spiro atoms. The Morgan fingerprint density at radius 1 is 1.25 bits per heavy atom. The summed E-state index contributed by atoms with van der Waals surface area (Å²) >= 11 is 6.24. The summed E-state index contributed by atoms with van der Waals surface area (Å²) in [6, 6.07) is 14.9. The quantitative estimate of drug-likeness (QED) is 0.890. The van der Waals surface area contributed by atoms with E-state index in [1.165, 1.54) is 11.3 Å². The minimum Gasteiger partial charge on any atom is -0.392 e. The van der Waals surface area contributed by atoms with Gasteiger partial charge in [0.2, 0.25) is 0 Å². The lowest BCUT2D eigenvalue weighted by Gasteiger charge is -2.37. The van der Waals surface area contributed by atoms with Gasteiger partial charge in [-0.15, -0.1) is 0 Å². The number of aryl methyl sites for hydroxylation is 1. The zero-order valence-corrected chi connectivity index (χ0v) is 12.3. The van der Waals surface area contributed by atoms with Crippen LogP contribution in [0.1, 0.15) is 24.5 Å². The first-order valence-electron chi connectivity index (χ1n) is 6.97. The lowest BCUT2D eigenvalue weighted by atomic mass is 9.96. The molecule has 3 heteroatoms. The first-order chi connectivity index (χ1) is 9.70. The van der Waals surface area contributed by atoms with E-state index in [0.29, 0.717) is 11.1 Å². The predicted octanol–water partition coefficient (Wildman–Crippen LogP) is 4.31. The lowest BCUT2D eigenvalue weighted by molar-refractivity contribution is 0.282. The van der Waals surface area contributed by atoms with E-state index >= 15 is 0 Å². The van der Waals surface area contributed by atoms with Crippen molar-refractivity contribution in [3.8, 4) is 0 Å². The molecule has 1 unspecified atom stereocenters. The summed E-state index contributed by atoms with van der Waals surface area (Å²) in [6.45, 7) is 2.22. The topological polar surface area (TPSA) is 23.5 Å². The van der Waals surface area contributed by atoms with E-state index in [1.54, 1.807) is 0 Å². The van der Waals surface area contributed by atoms with Crippen molar-refractivity contribution < 1.29 is 5.11 Å². The molecule has 1 heterocycles. The van der Waals surface area contributed by atoms with Crippen molar-refractivity contribution in [2.24, 2.45) is 0 Å². The molecule has 0 amide bonds. The second kappa shape index (κ2) is 5.47. The van der Waals surface area contributed by atoms with Crippen LogP contribution in [0.2, 0.25) is 5.02 Å². The summed E-state index contributed by atoms with van der Waals surface area (Å²) in [4.78, 5) is 2.34. The van der Waals surface area contributed by atoms with Crippen LogP contribution in [0.3, 0.4) is 0 Å². The van der Waals surface area contributed by atoms with Crippen molar-refractivity contribution >= 4 is 23.0 Å². The van der Waals surface area contributed by atoms with Crippen molar-refractivity contribution in [1.29, 1.82) is 0 Å². The van der Waals surface area contributed by atoms with Gasteiger partial charge in [0.25, 0.3) is 0 Å². The molecule has 0 aromatic heterocycles. The van der Waals surface area contributed by atoms with Crippen LogP contribution < -0.4 is 4.90 Å². The molecule has 0 radical (unpaired) electrons. The summed E-state index contributed by atoms with van der Waals surface area (Å²) in [6.07, 6.45) is 2.26. The standard InChI is InChI=1S/C17H18ClNO/c1-12-6-7-13-4-2-3-5-17(13)19(12)15-9-8-14(11-20)16(18)10-15/h2-5,8-10,12,20H,6-7,11H2,1H3. The number of aliphatic hydroxyl groups is 1. The highest BCUT2D eigenvalue weighted by molar-refractivity contribution is 6.31. The second-order valence-electron chi connectivity index (χ2n) is 5.32. The Morgan fingerprint density at radius 2 is 2.05 bits per heavy atom. The van der Waals surface area contributed by atoms with Crippen molar-refractivity contribution in [2.45, 2.75) is 32.4 Å². The van der Waals surface area contributed by atoms with Gasteiger partial charge < -0.3 is 10.0 Å². The van der Waals surface area contributed by atoms with E-state index in [2.05, 4.69) is 36.1 Å². The molecule has 1 N–H and O–H groups in total. The van der Waals surface area contributed by atoms with Gasteiger partial charge in [-0.3, -0.25) is 0 Å². The number of para-hydroxylation sites is 1. The first-order valence-corrected chi connectivity index (χ1v) is 7.35. The van der Waals surface area contributed by atoms with E-state index in [9.17, 15) is 5.11 Å². The molecule has 0 saturated carbocycles. The highest BCUT2D eigenvalue weighted by Gasteiger charge is 2.24. The minimum atomic E-state index is -0.0226. The SMILES string of the molecule is CC1CCc2ccccc2N1c1ccc(CO)c(Cl)c1. The van der Waals surface area contributed by atoms with Crippen LogP contribution in [-0.4, -0.2) is 11.1 Å². The highest BCUT2D eigenvalue weighted by atomic mass is 35.5. The average Bonchev–Trinajstić information content (AvgIpc) is 2.47. The van der Waals surface area contributed by atoms with Crippen LogP contribution >= 0.6 is 11.6 Å². The fourth-order valence-electron chi connectivity index (χ4n) is 2.90. The number of hydrogen-bond acceptors (Lipinski definition) is 2. The van der Waals surface area contributed by atoms with Gasteiger partial charge in [-0.2, -0.15) is 0 Å². The normalized spacial score (nSPS) is 17.9. The number of nitrogens with zero attached hydrogens (tertiary/aromatic N) is 1. The Morgan fingerprint density at radius 3 is 2.80 bits per heavy atom. The van der Waals surface area contributed by atoms with Gasteiger partial charge in [0.05, 0.1) is 6.61 Å². The second-order valence-corrected chi connectivity index (χ2v) is 5.73. The summed E-state index contributed by atoms with van der Waals surface area (Å²) < 4.78 is 0. The largest absolute Gasteiger partial charge is 0.392 e. The van der Waals surface area contributed by atoms with E-state index in [-0.39, 0.29) is 6.61 Å². The molecule has 2 nitrogen and oxygen atoms in total. The number of fused-ring (bicyclic) bond motifs is 1. The molecule has 0 fully saturated rings. The number of benzene rings is 2. The zero-order chi connectivity index (χ0) is 14.1. The fraction of sp³-hybridized carbons (Fsp3) is 0.294. The maximum atomic E-state index is 9.23. The van der Waals surface area contributed by atoms with Gasteiger partial charge in [-0.05, 0) is 49.1 Å². The number of anilines is 2. The van der Waals surface area contributed by atoms with E-state index in [1.807, 2.05) is 18.2 Å². The minimum absolute atomic E-state index is 0.0226. The third-order valence-corrected chi connectivity index (χ3v) is 4.36. The molecular formula is C17H18ClNO. The van der Waals surface area contributed by atoms with Gasteiger partial charge in [-0.1, -0.05) is 35.9 Å². The Kier molecular flexibility index (Phi) is 3.68. The summed E-state index contributed by atoms with van der Waals surface area (Å²) in [7, 11) is 0. The Labute approximate surface area is 124 Å². The van der Waals surface area contributed by atoms with Gasteiger partial charge in [-0.25, -0.2) is 0 Å². The summed E-state index contributed by atoms with van der Waals surface area (Å²) in [5.41, 5.74) is 4.51. The third-order valence-electron chi connectivity index (χ3n) is 4.01. The smallest absolute Gasteiger partial charge is 0.0696 e. The molecule has 1 aliphatic heterocycles. The van der Waals surface area contributed by atoms with Crippen LogP contribution in [0.4, 0.5) is 11.4 Å².